The van der Waals surface area contributed by atoms with Crippen LogP contribution in [0.2, 0.25) is 0 Å². The number of aliphatic hydroxyl groups is 1. The predicted molar refractivity (Wildman–Crippen MR) is 68.6 cm³/mol. The van der Waals surface area contributed by atoms with Crippen molar-refractivity contribution in [3.05, 3.63) is 34.9 Å². The minimum absolute atomic E-state index is 0.151. The Morgan fingerprint density at radius 2 is 2.06 bits per heavy atom. The lowest BCUT2D eigenvalue weighted by Crippen LogP contribution is -2.43. The van der Waals surface area contributed by atoms with Crippen molar-refractivity contribution in [1.29, 1.82) is 0 Å². The average Bonchev–Trinajstić information content (AvgIpc) is 2.72. The van der Waals surface area contributed by atoms with E-state index in [2.05, 4.69) is 5.32 Å². The molecule has 2 N–H and O–H groups in total. The van der Waals surface area contributed by atoms with Crippen LogP contribution in [0.15, 0.2) is 18.2 Å². The number of benzene rings is 1. The van der Waals surface area contributed by atoms with E-state index >= 15 is 0 Å². The molecule has 1 atom stereocenters. The van der Waals surface area contributed by atoms with E-state index < -0.39 is 5.60 Å². The first-order chi connectivity index (χ1) is 8.48. The Kier molecular flexibility index (Phi) is 3.68. The zero-order chi connectivity index (χ0) is 13.2. The smallest absolute Gasteiger partial charge is 0.251 e. The number of hydrogen-bond donors (Lipinski definition) is 2. The summed E-state index contributed by atoms with van der Waals surface area (Å²) >= 11 is 0. The van der Waals surface area contributed by atoms with Gasteiger partial charge in [-0.1, -0.05) is 17.2 Å². The summed E-state index contributed by atoms with van der Waals surface area (Å²) in [5.41, 5.74) is 1.84. The van der Waals surface area contributed by atoms with Gasteiger partial charge in [-0.05, 0) is 26.0 Å². The standard InChI is InChI=1S/C14H19NO3/c1-10-5-11(2)7-12(6-10)13(16)15-8-14(17)3-4-18-9-14/h5-7,17H,3-4,8-9H2,1-2H3,(H,15,16). The summed E-state index contributed by atoms with van der Waals surface area (Å²) in [6.07, 6.45) is 0.570. The van der Waals surface area contributed by atoms with Gasteiger partial charge in [-0.3, -0.25) is 4.79 Å². The molecule has 1 unspecified atom stereocenters. The van der Waals surface area contributed by atoms with Gasteiger partial charge < -0.3 is 15.2 Å². The molecule has 4 nitrogen and oxygen atoms in total. The maximum absolute atomic E-state index is 12.0. The molecule has 2 rings (SSSR count). The molecule has 1 aromatic rings. The third-order valence-corrected chi connectivity index (χ3v) is 3.14. The van der Waals surface area contributed by atoms with Crippen molar-refractivity contribution in [2.45, 2.75) is 25.9 Å². The lowest BCUT2D eigenvalue weighted by atomic mass is 10.0. The van der Waals surface area contributed by atoms with Gasteiger partial charge in [-0.2, -0.15) is 0 Å². The third kappa shape index (κ3) is 3.09. The number of ether oxygens (including phenoxy) is 1. The Morgan fingerprint density at radius 1 is 1.39 bits per heavy atom. The van der Waals surface area contributed by atoms with E-state index in [1.165, 1.54) is 0 Å². The summed E-state index contributed by atoms with van der Waals surface area (Å²) in [6, 6.07) is 5.71. The van der Waals surface area contributed by atoms with Gasteiger partial charge in [0.2, 0.25) is 0 Å². The van der Waals surface area contributed by atoms with Gasteiger partial charge >= 0.3 is 0 Å². The third-order valence-electron chi connectivity index (χ3n) is 3.14. The Bertz CT molecular complexity index is 430. The summed E-state index contributed by atoms with van der Waals surface area (Å²) < 4.78 is 5.14. The van der Waals surface area contributed by atoms with Crippen LogP contribution >= 0.6 is 0 Å². The van der Waals surface area contributed by atoms with Crippen LogP contribution in [0, 0.1) is 13.8 Å². The van der Waals surface area contributed by atoms with Crippen molar-refractivity contribution in [3.63, 3.8) is 0 Å². The Hall–Kier alpha value is -1.39. The average molecular weight is 249 g/mol. The van der Waals surface area contributed by atoms with E-state index in [0.717, 1.165) is 11.1 Å². The fourth-order valence-corrected chi connectivity index (χ4v) is 2.19. The summed E-state index contributed by atoms with van der Waals surface area (Å²) in [7, 11) is 0. The number of rotatable bonds is 3. The van der Waals surface area contributed by atoms with E-state index in [1.54, 1.807) is 0 Å². The van der Waals surface area contributed by atoms with Gasteiger partial charge in [-0.25, -0.2) is 0 Å². The minimum Gasteiger partial charge on any atom is -0.386 e. The van der Waals surface area contributed by atoms with Crippen LogP contribution in [0.25, 0.3) is 0 Å². The molecule has 1 fully saturated rings. The Morgan fingerprint density at radius 3 is 2.61 bits per heavy atom. The van der Waals surface area contributed by atoms with Crippen LogP contribution in [0.5, 0.6) is 0 Å². The zero-order valence-corrected chi connectivity index (χ0v) is 10.8. The minimum atomic E-state index is -0.908. The molecule has 1 aliphatic rings. The summed E-state index contributed by atoms with van der Waals surface area (Å²) in [5.74, 6) is -0.151. The highest BCUT2D eigenvalue weighted by atomic mass is 16.5. The Balaban J connectivity index is 1.99. The van der Waals surface area contributed by atoms with Gasteiger partial charge in [0.1, 0.15) is 5.60 Å². The van der Waals surface area contributed by atoms with Crippen molar-refractivity contribution in [1.82, 2.24) is 5.32 Å². The highest BCUT2D eigenvalue weighted by molar-refractivity contribution is 5.94. The van der Waals surface area contributed by atoms with Gasteiger partial charge in [0.25, 0.3) is 5.91 Å². The lowest BCUT2D eigenvalue weighted by Gasteiger charge is -2.20. The van der Waals surface area contributed by atoms with Crippen LogP contribution in [0.3, 0.4) is 0 Å². The first kappa shape index (κ1) is 13.1. The SMILES string of the molecule is Cc1cc(C)cc(C(=O)NCC2(O)CCOC2)c1. The molecular formula is C14H19NO3. The molecule has 1 amide bonds. The molecule has 0 bridgehead atoms. The normalized spacial score (nSPS) is 23.1. The quantitative estimate of drug-likeness (QED) is 0.846. The molecule has 0 aliphatic carbocycles. The molecule has 18 heavy (non-hydrogen) atoms. The molecule has 1 aromatic carbocycles. The number of nitrogens with one attached hydrogen (secondary N) is 1. The molecule has 0 radical (unpaired) electrons. The first-order valence-electron chi connectivity index (χ1n) is 6.15. The second-order valence-electron chi connectivity index (χ2n) is 5.09. The molecular weight excluding hydrogens is 230 g/mol. The van der Waals surface area contributed by atoms with E-state index in [0.29, 0.717) is 25.2 Å². The van der Waals surface area contributed by atoms with E-state index in [1.807, 2.05) is 32.0 Å². The van der Waals surface area contributed by atoms with Crippen molar-refractivity contribution in [2.24, 2.45) is 0 Å². The highest BCUT2D eigenvalue weighted by Gasteiger charge is 2.32. The predicted octanol–water partition coefficient (Wildman–Crippen LogP) is 1.18. The van der Waals surface area contributed by atoms with Crippen LogP contribution < -0.4 is 5.32 Å². The van der Waals surface area contributed by atoms with Crippen LogP contribution in [0.1, 0.15) is 27.9 Å². The largest absolute Gasteiger partial charge is 0.386 e. The monoisotopic (exact) mass is 249 g/mol. The highest BCUT2D eigenvalue weighted by Crippen LogP contribution is 2.17. The topological polar surface area (TPSA) is 58.6 Å². The summed E-state index contributed by atoms with van der Waals surface area (Å²) in [6.45, 7) is 5.00. The van der Waals surface area contributed by atoms with Crippen molar-refractivity contribution < 1.29 is 14.6 Å². The van der Waals surface area contributed by atoms with Crippen molar-refractivity contribution in [3.8, 4) is 0 Å². The maximum Gasteiger partial charge on any atom is 0.251 e. The van der Waals surface area contributed by atoms with E-state index in [-0.39, 0.29) is 12.5 Å². The van der Waals surface area contributed by atoms with Crippen LogP contribution in [-0.2, 0) is 4.74 Å². The molecule has 1 heterocycles. The number of amides is 1. The second-order valence-corrected chi connectivity index (χ2v) is 5.09. The molecule has 0 saturated carbocycles. The lowest BCUT2D eigenvalue weighted by molar-refractivity contribution is 0.0264. The first-order valence-corrected chi connectivity index (χ1v) is 6.15. The van der Waals surface area contributed by atoms with Crippen molar-refractivity contribution >= 4 is 5.91 Å². The van der Waals surface area contributed by atoms with Gasteiger partial charge in [0.05, 0.1) is 6.61 Å². The molecule has 4 heteroatoms. The molecule has 1 aliphatic heterocycles. The van der Waals surface area contributed by atoms with Gasteiger partial charge in [-0.15, -0.1) is 0 Å². The number of hydrogen-bond acceptors (Lipinski definition) is 3. The number of carbonyl (C=O) groups excluding carboxylic acids is 1. The molecule has 98 valence electrons. The maximum atomic E-state index is 12.0. The summed E-state index contributed by atoms with van der Waals surface area (Å²) in [5, 5.41) is 12.8. The fourth-order valence-electron chi connectivity index (χ4n) is 2.19. The Labute approximate surface area is 107 Å². The fraction of sp³-hybridized carbons (Fsp3) is 0.500. The molecule has 0 spiro atoms. The van der Waals surface area contributed by atoms with Gasteiger partial charge in [0.15, 0.2) is 0 Å². The summed E-state index contributed by atoms with van der Waals surface area (Å²) in [4.78, 5) is 12.0. The van der Waals surface area contributed by atoms with Crippen LogP contribution in [0.4, 0.5) is 0 Å². The van der Waals surface area contributed by atoms with Gasteiger partial charge in [0, 0.05) is 25.1 Å². The second kappa shape index (κ2) is 5.08. The van der Waals surface area contributed by atoms with Crippen molar-refractivity contribution in [2.75, 3.05) is 19.8 Å². The van der Waals surface area contributed by atoms with E-state index in [4.69, 9.17) is 4.74 Å². The van der Waals surface area contributed by atoms with E-state index in [9.17, 15) is 9.90 Å². The number of aryl methyl sites for hydroxylation is 2. The molecule has 1 saturated heterocycles. The zero-order valence-electron chi connectivity index (χ0n) is 10.8. The number of carbonyl (C=O) groups is 1. The molecule has 0 aromatic heterocycles. The van der Waals surface area contributed by atoms with Crippen LogP contribution in [-0.4, -0.2) is 36.4 Å².